The first-order valence-corrected chi connectivity index (χ1v) is 3.61. The van der Waals surface area contributed by atoms with Crippen molar-refractivity contribution in [3.63, 3.8) is 0 Å². The summed E-state index contributed by atoms with van der Waals surface area (Å²) in [5.41, 5.74) is 2.62. The Kier molecular flexibility index (Phi) is 2.83. The van der Waals surface area contributed by atoms with Crippen LogP contribution < -0.4 is 5.73 Å². The molecular formula is C8H5F4NO2. The Morgan fingerprint density at radius 2 is 1.53 bits per heavy atom. The molecule has 0 unspecified atom stereocenters. The van der Waals surface area contributed by atoms with Crippen LogP contribution in [0.15, 0.2) is 0 Å². The number of methoxy groups -OCH3 is 1. The lowest BCUT2D eigenvalue weighted by Gasteiger charge is -2.07. The Balaban J connectivity index is 3.60. The number of esters is 1. The largest absolute Gasteiger partial charge is 0.465 e. The van der Waals surface area contributed by atoms with Crippen molar-refractivity contribution in [3.8, 4) is 0 Å². The second-order valence-electron chi connectivity index (χ2n) is 2.54. The minimum atomic E-state index is -2.11. The summed E-state index contributed by atoms with van der Waals surface area (Å²) in [6.45, 7) is 0. The molecule has 3 nitrogen and oxygen atoms in total. The van der Waals surface area contributed by atoms with Crippen LogP contribution in [-0.2, 0) is 4.74 Å². The fourth-order valence-electron chi connectivity index (χ4n) is 0.950. The molecule has 0 spiro atoms. The van der Waals surface area contributed by atoms with Crippen molar-refractivity contribution in [2.75, 3.05) is 12.8 Å². The van der Waals surface area contributed by atoms with Crippen molar-refractivity contribution >= 4 is 11.7 Å². The van der Waals surface area contributed by atoms with Gasteiger partial charge in [-0.25, -0.2) is 22.4 Å². The number of benzene rings is 1. The minimum absolute atomic E-state index is 0.861. The van der Waals surface area contributed by atoms with E-state index in [0.717, 1.165) is 7.11 Å². The molecule has 0 amide bonds. The zero-order chi connectivity index (χ0) is 11.7. The van der Waals surface area contributed by atoms with Crippen LogP contribution in [0.3, 0.4) is 0 Å². The number of carbonyl (C=O) groups excluding carboxylic acids is 1. The third-order valence-electron chi connectivity index (χ3n) is 1.69. The average Bonchev–Trinajstić information content (AvgIpc) is 2.23. The number of anilines is 1. The van der Waals surface area contributed by atoms with E-state index in [4.69, 9.17) is 5.73 Å². The number of rotatable bonds is 1. The zero-order valence-corrected chi connectivity index (χ0v) is 7.41. The van der Waals surface area contributed by atoms with E-state index in [1.165, 1.54) is 0 Å². The first-order chi connectivity index (χ1) is 6.91. The van der Waals surface area contributed by atoms with Crippen LogP contribution in [0.4, 0.5) is 23.2 Å². The molecule has 1 aromatic rings. The number of nitrogen functional groups attached to an aromatic ring is 1. The summed E-state index contributed by atoms with van der Waals surface area (Å²) < 4.78 is 55.1. The van der Waals surface area contributed by atoms with Crippen LogP contribution in [0.1, 0.15) is 10.4 Å². The molecule has 2 N–H and O–H groups in total. The molecule has 0 radical (unpaired) electrons. The highest BCUT2D eigenvalue weighted by molar-refractivity contribution is 5.95. The van der Waals surface area contributed by atoms with Crippen molar-refractivity contribution in [3.05, 3.63) is 28.8 Å². The highest BCUT2D eigenvalue weighted by Gasteiger charge is 2.28. The number of carbonyl (C=O) groups is 1. The van der Waals surface area contributed by atoms with Gasteiger partial charge in [-0.2, -0.15) is 0 Å². The lowest BCUT2D eigenvalue weighted by Crippen LogP contribution is -2.14. The molecule has 0 aliphatic heterocycles. The number of ether oxygens (including phenoxy) is 1. The van der Waals surface area contributed by atoms with Gasteiger partial charge < -0.3 is 10.5 Å². The molecule has 1 aromatic carbocycles. The van der Waals surface area contributed by atoms with E-state index < -0.39 is 40.5 Å². The van der Waals surface area contributed by atoms with Gasteiger partial charge in [0.25, 0.3) is 0 Å². The summed E-state index contributed by atoms with van der Waals surface area (Å²) in [6.07, 6.45) is 0. The van der Waals surface area contributed by atoms with Crippen molar-refractivity contribution in [2.24, 2.45) is 0 Å². The lowest BCUT2D eigenvalue weighted by molar-refractivity contribution is 0.0594. The Labute approximate surface area is 81.4 Å². The zero-order valence-electron chi connectivity index (χ0n) is 7.41. The molecular weight excluding hydrogens is 218 g/mol. The molecule has 82 valence electrons. The van der Waals surface area contributed by atoms with Crippen molar-refractivity contribution in [1.82, 2.24) is 0 Å². The Morgan fingerprint density at radius 1 is 1.07 bits per heavy atom. The summed E-state index contributed by atoms with van der Waals surface area (Å²) in [6, 6.07) is 0. The van der Waals surface area contributed by atoms with Gasteiger partial charge in [-0.05, 0) is 0 Å². The number of halogens is 4. The Hall–Kier alpha value is -1.79. The van der Waals surface area contributed by atoms with E-state index >= 15 is 0 Å². The van der Waals surface area contributed by atoms with Crippen LogP contribution >= 0.6 is 0 Å². The summed E-state index contributed by atoms with van der Waals surface area (Å²) in [7, 11) is 0.861. The minimum Gasteiger partial charge on any atom is -0.465 e. The fraction of sp³-hybridized carbons (Fsp3) is 0.125. The third kappa shape index (κ3) is 1.60. The molecule has 7 heteroatoms. The smallest absolute Gasteiger partial charge is 0.343 e. The van der Waals surface area contributed by atoms with E-state index in [9.17, 15) is 22.4 Å². The predicted octanol–water partition coefficient (Wildman–Crippen LogP) is 1.61. The summed E-state index contributed by atoms with van der Waals surface area (Å²) in [5.74, 6) is -9.27. The number of nitrogens with two attached hydrogens (primary N) is 1. The fourth-order valence-corrected chi connectivity index (χ4v) is 0.950. The van der Waals surface area contributed by atoms with Crippen LogP contribution in [-0.4, -0.2) is 13.1 Å². The van der Waals surface area contributed by atoms with Gasteiger partial charge >= 0.3 is 5.97 Å². The van der Waals surface area contributed by atoms with Crippen LogP contribution in [0.5, 0.6) is 0 Å². The van der Waals surface area contributed by atoms with Gasteiger partial charge in [0.2, 0.25) is 0 Å². The maximum Gasteiger partial charge on any atom is 0.343 e. The van der Waals surface area contributed by atoms with Crippen LogP contribution in [0.25, 0.3) is 0 Å². The van der Waals surface area contributed by atoms with Gasteiger partial charge in [-0.15, -0.1) is 0 Å². The summed E-state index contributed by atoms with van der Waals surface area (Å²) >= 11 is 0. The van der Waals surface area contributed by atoms with Gasteiger partial charge in [0.05, 0.1) is 12.8 Å². The second kappa shape index (κ2) is 3.76. The molecule has 0 heterocycles. The quantitative estimate of drug-likeness (QED) is 0.259. The molecule has 0 aliphatic carbocycles. The van der Waals surface area contributed by atoms with Gasteiger partial charge in [-0.1, -0.05) is 0 Å². The van der Waals surface area contributed by atoms with Gasteiger partial charge in [0.1, 0.15) is 5.56 Å². The van der Waals surface area contributed by atoms with E-state index in [1.807, 2.05) is 0 Å². The molecule has 0 saturated carbocycles. The highest BCUT2D eigenvalue weighted by atomic mass is 19.2. The first kappa shape index (κ1) is 11.3. The van der Waals surface area contributed by atoms with Crippen molar-refractivity contribution < 1.29 is 27.1 Å². The van der Waals surface area contributed by atoms with Crippen molar-refractivity contribution in [2.45, 2.75) is 0 Å². The predicted molar refractivity (Wildman–Crippen MR) is 42.0 cm³/mol. The maximum atomic E-state index is 13.0. The lowest BCUT2D eigenvalue weighted by atomic mass is 10.1. The van der Waals surface area contributed by atoms with E-state index in [2.05, 4.69) is 4.74 Å². The van der Waals surface area contributed by atoms with Gasteiger partial charge in [0, 0.05) is 0 Å². The third-order valence-corrected chi connectivity index (χ3v) is 1.69. The molecule has 15 heavy (non-hydrogen) atoms. The molecule has 0 aliphatic rings. The van der Waals surface area contributed by atoms with E-state index in [0.29, 0.717) is 0 Å². The highest BCUT2D eigenvalue weighted by Crippen LogP contribution is 2.26. The molecule has 0 saturated heterocycles. The van der Waals surface area contributed by atoms with Crippen LogP contribution in [0, 0.1) is 23.3 Å². The first-order valence-electron chi connectivity index (χ1n) is 3.61. The molecule has 1 rings (SSSR count). The monoisotopic (exact) mass is 223 g/mol. The standard InChI is InChI=1S/C8H5F4NO2/c1-15-8(14)2-3(9)4(10)5(11)6(12)7(2)13/h13H2,1H3. The second-order valence-corrected chi connectivity index (χ2v) is 2.54. The van der Waals surface area contributed by atoms with Gasteiger partial charge in [-0.3, -0.25) is 0 Å². The molecule has 0 aromatic heterocycles. The van der Waals surface area contributed by atoms with E-state index in [-0.39, 0.29) is 0 Å². The number of hydrogen-bond donors (Lipinski definition) is 1. The van der Waals surface area contributed by atoms with Crippen molar-refractivity contribution in [1.29, 1.82) is 0 Å². The van der Waals surface area contributed by atoms with Crippen LogP contribution in [0.2, 0.25) is 0 Å². The normalized spacial score (nSPS) is 10.2. The topological polar surface area (TPSA) is 52.3 Å². The molecule has 0 atom stereocenters. The summed E-state index contributed by atoms with van der Waals surface area (Å²) in [5, 5.41) is 0. The van der Waals surface area contributed by atoms with Gasteiger partial charge in [0.15, 0.2) is 23.3 Å². The maximum absolute atomic E-state index is 13.0. The summed E-state index contributed by atoms with van der Waals surface area (Å²) in [4.78, 5) is 10.9. The average molecular weight is 223 g/mol. The Morgan fingerprint density at radius 3 is 2.00 bits per heavy atom. The molecule has 0 fully saturated rings. The number of hydrogen-bond acceptors (Lipinski definition) is 3. The Bertz CT molecular complexity index is 404. The van der Waals surface area contributed by atoms with E-state index in [1.54, 1.807) is 0 Å². The molecule has 0 bridgehead atoms. The SMILES string of the molecule is COC(=O)c1c(N)c(F)c(F)c(F)c1F.